The monoisotopic (exact) mass is 126 g/mol. The highest BCUT2D eigenvalue weighted by Crippen LogP contribution is 2.19. The molecule has 0 aliphatic carbocycles. The van der Waals surface area contributed by atoms with Crippen LogP contribution in [0.1, 0.15) is 0 Å². The van der Waals surface area contributed by atoms with Crippen LogP contribution in [0, 0.1) is 0 Å². The van der Waals surface area contributed by atoms with Gasteiger partial charge in [0.15, 0.2) is 0 Å². The Balaban J connectivity index is 3.23. The molecule has 5 heavy (non-hydrogen) atoms. The molecule has 0 aromatic carbocycles. The van der Waals surface area contributed by atoms with Crippen molar-refractivity contribution in [2.45, 2.75) is 0 Å². The lowest BCUT2D eigenvalue weighted by atomic mass is 12.0. The summed E-state index contributed by atoms with van der Waals surface area (Å²) in [6.07, 6.45) is 1.73. The van der Waals surface area contributed by atoms with Crippen molar-refractivity contribution in [2.75, 3.05) is 6.26 Å². The molecule has 0 rings (SSSR count). The summed E-state index contributed by atoms with van der Waals surface area (Å²) < 4.78 is 9.74. The second kappa shape index (κ2) is 2.88. The average Bonchev–Trinajstić information content (AvgIpc) is 1.38. The minimum atomic E-state index is -1.35. The van der Waals surface area contributed by atoms with Crippen molar-refractivity contribution >= 4 is 29.0 Å². The first-order chi connectivity index (χ1) is 2.27. The van der Waals surface area contributed by atoms with E-state index in [1.54, 1.807) is 6.26 Å². The van der Waals surface area contributed by atoms with E-state index in [0.717, 1.165) is 0 Å². The molecule has 0 aliphatic heterocycles. The normalized spacial score (nSPS) is 11.0. The van der Waals surface area contributed by atoms with Crippen LogP contribution in [-0.4, -0.2) is 6.26 Å². The Labute approximate surface area is 40.4 Å². The van der Waals surface area contributed by atoms with E-state index in [4.69, 9.17) is 0 Å². The summed E-state index contributed by atoms with van der Waals surface area (Å²) in [5.41, 5.74) is 0. The van der Waals surface area contributed by atoms with Crippen LogP contribution in [0.25, 0.3) is 0 Å². The van der Waals surface area contributed by atoms with Gasteiger partial charge in [0.2, 0.25) is 5.78 Å². The summed E-state index contributed by atoms with van der Waals surface area (Å²) in [6, 6.07) is 0. The first-order valence-corrected chi connectivity index (χ1v) is 5.06. The molecule has 0 N–H and O–H groups in total. The summed E-state index contributed by atoms with van der Waals surface area (Å²) in [5.74, 6) is -1.35. The predicted molar refractivity (Wildman–Crippen MR) is 28.5 cm³/mol. The molecule has 1 atom stereocenters. The molecule has 0 radical (unpaired) electrons. The SMILES string of the molecule is CSP(=O)=S. The molecular weight excluding hydrogens is 123 g/mol. The molecule has 0 spiro atoms. The van der Waals surface area contributed by atoms with Gasteiger partial charge in [0.25, 0.3) is 0 Å². The maximum Gasteiger partial charge on any atom is 0.226 e. The molecule has 30 valence electrons. The zero-order chi connectivity index (χ0) is 4.28. The van der Waals surface area contributed by atoms with Gasteiger partial charge in [-0.2, -0.15) is 0 Å². The maximum absolute atomic E-state index is 9.74. The Morgan fingerprint density at radius 1 is 2.00 bits per heavy atom. The Bertz CT molecular complexity index is 67.7. The molecule has 0 aromatic rings. The lowest BCUT2D eigenvalue weighted by Crippen LogP contribution is -1.20. The first kappa shape index (κ1) is 5.67. The number of rotatable bonds is 1. The van der Waals surface area contributed by atoms with Gasteiger partial charge in [0.05, 0.1) is 0 Å². The Kier molecular flexibility index (Phi) is 3.27. The molecule has 4 heteroatoms. The van der Waals surface area contributed by atoms with Crippen LogP contribution < -0.4 is 0 Å². The molecule has 0 aromatic heterocycles. The highest BCUT2D eigenvalue weighted by molar-refractivity contribution is 8.59. The van der Waals surface area contributed by atoms with Gasteiger partial charge >= 0.3 is 0 Å². The van der Waals surface area contributed by atoms with Gasteiger partial charge < -0.3 is 0 Å². The van der Waals surface area contributed by atoms with Crippen LogP contribution in [0.5, 0.6) is 0 Å². The number of hydrogen-bond donors (Lipinski definition) is 0. The lowest BCUT2D eigenvalue weighted by molar-refractivity contribution is 0.604. The third kappa shape index (κ3) is 4.67. The van der Waals surface area contributed by atoms with Crippen LogP contribution in [-0.2, 0) is 16.4 Å². The lowest BCUT2D eigenvalue weighted by Gasteiger charge is -1.59. The van der Waals surface area contributed by atoms with Crippen molar-refractivity contribution in [1.82, 2.24) is 0 Å². The van der Waals surface area contributed by atoms with Crippen LogP contribution in [0.2, 0.25) is 0 Å². The van der Waals surface area contributed by atoms with Gasteiger partial charge in [-0.3, -0.25) is 4.57 Å². The van der Waals surface area contributed by atoms with Crippen LogP contribution in [0.4, 0.5) is 0 Å². The summed E-state index contributed by atoms with van der Waals surface area (Å²) in [6.45, 7) is 0. The standard InChI is InChI=1S/CH3OPS2/c1-5-3(2)4/h1H3. The average molecular weight is 126 g/mol. The van der Waals surface area contributed by atoms with Crippen molar-refractivity contribution in [1.29, 1.82) is 0 Å². The molecule has 1 nitrogen and oxygen atoms in total. The Hall–Kier alpha value is 0.670. The molecule has 0 saturated heterocycles. The fourth-order valence-electron chi connectivity index (χ4n) is 0. The zero-order valence-electron chi connectivity index (χ0n) is 2.67. The van der Waals surface area contributed by atoms with Crippen molar-refractivity contribution in [3.8, 4) is 0 Å². The van der Waals surface area contributed by atoms with Gasteiger partial charge in [0.1, 0.15) is 0 Å². The largest absolute Gasteiger partial charge is 0.258 e. The summed E-state index contributed by atoms with van der Waals surface area (Å²) in [5, 5.41) is 0. The van der Waals surface area contributed by atoms with Gasteiger partial charge in [-0.05, 0) is 18.1 Å². The van der Waals surface area contributed by atoms with Crippen molar-refractivity contribution in [3.63, 3.8) is 0 Å². The Morgan fingerprint density at radius 2 is 2.20 bits per heavy atom. The third-order valence-electron chi connectivity index (χ3n) is 0.149. The van der Waals surface area contributed by atoms with E-state index in [0.29, 0.717) is 0 Å². The summed E-state index contributed by atoms with van der Waals surface area (Å²) >= 11 is 5.46. The molecule has 0 amide bonds. The van der Waals surface area contributed by atoms with Crippen molar-refractivity contribution in [2.24, 2.45) is 0 Å². The molecule has 0 bridgehead atoms. The van der Waals surface area contributed by atoms with E-state index < -0.39 is 5.78 Å². The molecule has 1 unspecified atom stereocenters. The van der Waals surface area contributed by atoms with Crippen LogP contribution >= 0.6 is 17.2 Å². The quantitative estimate of drug-likeness (QED) is 0.496. The zero-order valence-corrected chi connectivity index (χ0v) is 5.20. The van der Waals surface area contributed by atoms with Crippen molar-refractivity contribution < 1.29 is 4.57 Å². The van der Waals surface area contributed by atoms with Crippen LogP contribution in [0.3, 0.4) is 0 Å². The summed E-state index contributed by atoms with van der Waals surface area (Å²) in [7, 11) is 0. The highest BCUT2D eigenvalue weighted by atomic mass is 32.9. The second-order valence-electron chi connectivity index (χ2n) is 0.406. The van der Waals surface area contributed by atoms with Gasteiger partial charge in [-0.1, -0.05) is 11.4 Å². The molecule has 0 saturated carbocycles. The Morgan fingerprint density at radius 3 is 2.20 bits per heavy atom. The van der Waals surface area contributed by atoms with Gasteiger partial charge in [-0.25, -0.2) is 0 Å². The number of hydrogen-bond acceptors (Lipinski definition) is 3. The second-order valence-corrected chi connectivity index (χ2v) is 5.00. The van der Waals surface area contributed by atoms with E-state index in [9.17, 15) is 4.57 Å². The van der Waals surface area contributed by atoms with E-state index >= 15 is 0 Å². The highest BCUT2D eigenvalue weighted by Gasteiger charge is 1.67. The predicted octanol–water partition coefficient (Wildman–Crippen LogP) is 1.55. The first-order valence-electron chi connectivity index (χ1n) is 0.956. The molecule has 0 heterocycles. The fraction of sp³-hybridized carbons (Fsp3) is 1.00. The van der Waals surface area contributed by atoms with Gasteiger partial charge in [-0.15, -0.1) is 0 Å². The van der Waals surface area contributed by atoms with Gasteiger partial charge in [0, 0.05) is 0 Å². The van der Waals surface area contributed by atoms with E-state index in [2.05, 4.69) is 11.8 Å². The smallest absolute Gasteiger partial charge is 0.226 e. The summed E-state index contributed by atoms with van der Waals surface area (Å²) in [4.78, 5) is 0. The molecular formula is CH3OPS2. The van der Waals surface area contributed by atoms with E-state index in [-0.39, 0.29) is 0 Å². The fourth-order valence-corrected chi connectivity index (χ4v) is 0. The minimum absolute atomic E-state index is 1.20. The van der Waals surface area contributed by atoms with E-state index in [1.165, 1.54) is 11.4 Å². The third-order valence-corrected chi connectivity index (χ3v) is 2.68. The van der Waals surface area contributed by atoms with Crippen molar-refractivity contribution in [3.05, 3.63) is 0 Å². The maximum atomic E-state index is 9.74. The van der Waals surface area contributed by atoms with Crippen LogP contribution in [0.15, 0.2) is 0 Å². The minimum Gasteiger partial charge on any atom is -0.258 e. The molecule has 0 aliphatic rings. The van der Waals surface area contributed by atoms with E-state index in [1.807, 2.05) is 0 Å². The molecule has 0 fully saturated rings. The topological polar surface area (TPSA) is 17.1 Å².